The summed E-state index contributed by atoms with van der Waals surface area (Å²) >= 11 is 0. The van der Waals surface area contributed by atoms with Gasteiger partial charge in [-0.25, -0.2) is 9.37 Å². The molecule has 1 saturated heterocycles. The number of rotatable bonds is 2. The summed E-state index contributed by atoms with van der Waals surface area (Å²) in [5.74, 6) is -0.195. The lowest BCUT2D eigenvalue weighted by molar-refractivity contribution is 0.0958. The molecule has 5 heteroatoms. The predicted octanol–water partition coefficient (Wildman–Crippen LogP) is 1.38. The molecule has 0 aliphatic carbocycles. The molecule has 0 unspecified atom stereocenters. The maximum atomic E-state index is 13.0. The molecule has 1 N–H and O–H groups in total. The van der Waals surface area contributed by atoms with Crippen molar-refractivity contribution in [2.45, 2.75) is 19.0 Å². The first kappa shape index (κ1) is 11.8. The number of anilines is 1. The van der Waals surface area contributed by atoms with Gasteiger partial charge in [-0.2, -0.15) is 0 Å². The van der Waals surface area contributed by atoms with Crippen molar-refractivity contribution in [3.63, 3.8) is 0 Å². The molecule has 1 aliphatic rings. The molecule has 1 aromatic rings. The van der Waals surface area contributed by atoms with Gasteiger partial charge in [-0.1, -0.05) is 0 Å². The van der Waals surface area contributed by atoms with E-state index in [1.807, 2.05) is 6.07 Å². The van der Waals surface area contributed by atoms with E-state index < -0.39 is 6.17 Å². The van der Waals surface area contributed by atoms with Crippen LogP contribution in [0.4, 0.5) is 10.1 Å². The van der Waals surface area contributed by atoms with Crippen LogP contribution in [0.2, 0.25) is 0 Å². The number of alkyl halides is 1. The maximum absolute atomic E-state index is 13.0. The van der Waals surface area contributed by atoms with Gasteiger partial charge in [0.25, 0.3) is 5.91 Å². The van der Waals surface area contributed by atoms with Crippen molar-refractivity contribution < 1.29 is 9.18 Å². The van der Waals surface area contributed by atoms with Gasteiger partial charge >= 0.3 is 0 Å². The first-order valence-electron chi connectivity index (χ1n) is 5.78. The molecule has 2 heterocycles. The van der Waals surface area contributed by atoms with Crippen LogP contribution in [-0.2, 0) is 0 Å². The van der Waals surface area contributed by atoms with Gasteiger partial charge < -0.3 is 10.2 Å². The number of carbonyl (C=O) groups is 1. The highest BCUT2D eigenvalue weighted by Gasteiger charge is 2.18. The Labute approximate surface area is 99.8 Å². The number of piperidine rings is 1. The molecule has 1 amide bonds. The monoisotopic (exact) mass is 237 g/mol. The van der Waals surface area contributed by atoms with Gasteiger partial charge in [-0.05, 0) is 25.0 Å². The SMILES string of the molecule is CNC(=O)c1ccc(N2CCC(F)CC2)cn1. The van der Waals surface area contributed by atoms with E-state index in [9.17, 15) is 9.18 Å². The third kappa shape index (κ3) is 2.72. The smallest absolute Gasteiger partial charge is 0.269 e. The Balaban J connectivity index is 2.05. The maximum Gasteiger partial charge on any atom is 0.269 e. The second-order valence-corrected chi connectivity index (χ2v) is 4.14. The minimum absolute atomic E-state index is 0.195. The molecule has 92 valence electrons. The van der Waals surface area contributed by atoms with Crippen molar-refractivity contribution in [1.82, 2.24) is 10.3 Å². The number of carbonyl (C=O) groups excluding carboxylic acids is 1. The van der Waals surface area contributed by atoms with Gasteiger partial charge in [0.1, 0.15) is 11.9 Å². The molecule has 0 bridgehead atoms. The average molecular weight is 237 g/mol. The second-order valence-electron chi connectivity index (χ2n) is 4.14. The first-order chi connectivity index (χ1) is 8.20. The molecule has 4 nitrogen and oxygen atoms in total. The van der Waals surface area contributed by atoms with E-state index in [0.29, 0.717) is 31.6 Å². The number of aromatic nitrogens is 1. The molecule has 0 atom stereocenters. The number of amides is 1. The molecule has 0 radical (unpaired) electrons. The van der Waals surface area contributed by atoms with Crippen LogP contribution in [0.25, 0.3) is 0 Å². The summed E-state index contributed by atoms with van der Waals surface area (Å²) in [4.78, 5) is 17.5. The van der Waals surface area contributed by atoms with Crippen molar-refractivity contribution in [2.75, 3.05) is 25.0 Å². The fourth-order valence-electron chi connectivity index (χ4n) is 1.94. The van der Waals surface area contributed by atoms with E-state index in [1.165, 1.54) is 0 Å². The normalized spacial score (nSPS) is 16.9. The summed E-state index contributed by atoms with van der Waals surface area (Å²) in [5.41, 5.74) is 1.35. The van der Waals surface area contributed by atoms with Crippen LogP contribution in [0.3, 0.4) is 0 Å². The number of halogens is 1. The van der Waals surface area contributed by atoms with Crippen molar-refractivity contribution in [3.8, 4) is 0 Å². The Kier molecular flexibility index (Phi) is 3.56. The zero-order valence-corrected chi connectivity index (χ0v) is 9.82. The minimum Gasteiger partial charge on any atom is -0.370 e. The fraction of sp³-hybridized carbons (Fsp3) is 0.500. The Hall–Kier alpha value is -1.65. The fourth-order valence-corrected chi connectivity index (χ4v) is 1.94. The Bertz CT molecular complexity index is 385. The molecule has 0 saturated carbocycles. The van der Waals surface area contributed by atoms with Gasteiger partial charge in [0.2, 0.25) is 0 Å². The molecule has 2 rings (SSSR count). The summed E-state index contributed by atoms with van der Waals surface area (Å²) in [7, 11) is 1.57. The van der Waals surface area contributed by atoms with E-state index in [0.717, 1.165) is 5.69 Å². The third-order valence-electron chi connectivity index (χ3n) is 3.00. The van der Waals surface area contributed by atoms with Gasteiger partial charge in [0.05, 0.1) is 11.9 Å². The highest BCUT2D eigenvalue weighted by Crippen LogP contribution is 2.20. The molecule has 0 spiro atoms. The minimum atomic E-state index is -0.677. The van der Waals surface area contributed by atoms with E-state index >= 15 is 0 Å². The van der Waals surface area contributed by atoms with E-state index in [4.69, 9.17) is 0 Å². The number of pyridine rings is 1. The van der Waals surface area contributed by atoms with Crippen LogP contribution >= 0.6 is 0 Å². The van der Waals surface area contributed by atoms with Gasteiger partial charge in [0.15, 0.2) is 0 Å². The van der Waals surface area contributed by atoms with Crippen LogP contribution < -0.4 is 10.2 Å². The second kappa shape index (κ2) is 5.12. The molecule has 1 aromatic heterocycles. The summed E-state index contributed by atoms with van der Waals surface area (Å²) in [6.07, 6.45) is 2.13. The van der Waals surface area contributed by atoms with Crippen LogP contribution in [-0.4, -0.2) is 37.2 Å². The van der Waals surface area contributed by atoms with Crippen LogP contribution in [0.5, 0.6) is 0 Å². The lowest BCUT2D eigenvalue weighted by atomic mass is 10.1. The van der Waals surface area contributed by atoms with Crippen molar-refractivity contribution >= 4 is 11.6 Å². The summed E-state index contributed by atoms with van der Waals surface area (Å²) in [6.45, 7) is 1.42. The predicted molar refractivity (Wildman–Crippen MR) is 64.0 cm³/mol. The highest BCUT2D eigenvalue weighted by atomic mass is 19.1. The lowest BCUT2D eigenvalue weighted by Crippen LogP contribution is -2.34. The van der Waals surface area contributed by atoms with Crippen LogP contribution in [0.1, 0.15) is 23.3 Å². The van der Waals surface area contributed by atoms with Crippen molar-refractivity contribution in [3.05, 3.63) is 24.0 Å². The number of hydrogen-bond donors (Lipinski definition) is 1. The zero-order chi connectivity index (χ0) is 12.3. The molecule has 17 heavy (non-hydrogen) atoms. The first-order valence-corrected chi connectivity index (χ1v) is 5.78. The van der Waals surface area contributed by atoms with Gasteiger partial charge in [-0.3, -0.25) is 4.79 Å². The molecule has 1 aliphatic heterocycles. The molecule has 0 aromatic carbocycles. The van der Waals surface area contributed by atoms with E-state index in [2.05, 4.69) is 15.2 Å². The zero-order valence-electron chi connectivity index (χ0n) is 9.82. The van der Waals surface area contributed by atoms with Gasteiger partial charge in [0, 0.05) is 20.1 Å². The molecular formula is C12H16FN3O. The summed E-state index contributed by atoms with van der Waals surface area (Å²) in [6, 6.07) is 3.55. The van der Waals surface area contributed by atoms with E-state index in [-0.39, 0.29) is 5.91 Å². The quantitative estimate of drug-likeness (QED) is 0.845. The van der Waals surface area contributed by atoms with Crippen LogP contribution in [0.15, 0.2) is 18.3 Å². The van der Waals surface area contributed by atoms with Crippen molar-refractivity contribution in [1.29, 1.82) is 0 Å². The van der Waals surface area contributed by atoms with Crippen molar-refractivity contribution in [2.24, 2.45) is 0 Å². The standard InChI is InChI=1S/C12H16FN3O/c1-14-12(17)11-3-2-10(8-15-11)16-6-4-9(13)5-7-16/h2-3,8-9H,4-7H2,1H3,(H,14,17). The largest absolute Gasteiger partial charge is 0.370 e. The van der Waals surface area contributed by atoms with Crippen LogP contribution in [0, 0.1) is 0 Å². The molecular weight excluding hydrogens is 221 g/mol. The highest BCUT2D eigenvalue weighted by molar-refractivity contribution is 5.92. The average Bonchev–Trinajstić information content (AvgIpc) is 2.39. The number of nitrogens with zero attached hydrogens (tertiary/aromatic N) is 2. The summed E-state index contributed by atoms with van der Waals surface area (Å²) in [5, 5.41) is 2.52. The Morgan fingerprint density at radius 1 is 1.47 bits per heavy atom. The Morgan fingerprint density at radius 3 is 2.71 bits per heavy atom. The number of hydrogen-bond acceptors (Lipinski definition) is 3. The van der Waals surface area contributed by atoms with E-state index in [1.54, 1.807) is 19.3 Å². The topological polar surface area (TPSA) is 45.2 Å². The Morgan fingerprint density at radius 2 is 2.18 bits per heavy atom. The third-order valence-corrected chi connectivity index (χ3v) is 3.00. The summed E-state index contributed by atoms with van der Waals surface area (Å²) < 4.78 is 13.0. The molecule has 1 fully saturated rings. The lowest BCUT2D eigenvalue weighted by Gasteiger charge is -2.30. The van der Waals surface area contributed by atoms with Gasteiger partial charge in [-0.15, -0.1) is 0 Å². The number of nitrogens with one attached hydrogen (secondary N) is 1.